The first-order chi connectivity index (χ1) is 6.16. The molecule has 0 amide bonds. The molecule has 0 fully saturated rings. The molecule has 2 N–H and O–H groups in total. The zero-order valence-corrected chi connectivity index (χ0v) is 10.5. The van der Waals surface area contributed by atoms with Crippen LogP contribution in [0.5, 0.6) is 0 Å². The molecule has 0 aliphatic rings. The van der Waals surface area contributed by atoms with Crippen LogP contribution in [0.2, 0.25) is 0 Å². The lowest BCUT2D eigenvalue weighted by atomic mass is 10.4. The van der Waals surface area contributed by atoms with Crippen LogP contribution in [0, 0.1) is 0 Å². The van der Waals surface area contributed by atoms with Crippen LogP contribution in [-0.2, 0) is 9.30 Å². The Kier molecular flexibility index (Phi) is 10.5. The fourth-order valence-electron chi connectivity index (χ4n) is 0.359. The Balaban J connectivity index is 0. The van der Waals surface area contributed by atoms with Crippen molar-refractivity contribution >= 4 is 28.6 Å². The number of hydrogen-bond donors (Lipinski definition) is 2. The molecule has 7 heteroatoms. The van der Waals surface area contributed by atoms with Gasteiger partial charge in [-0.15, -0.1) is 6.58 Å². The van der Waals surface area contributed by atoms with E-state index in [1.165, 1.54) is 0 Å². The molecular formula is C7H15Cl2O4P. The summed E-state index contributed by atoms with van der Waals surface area (Å²) in [5.74, 6) is 0. The molecule has 0 aliphatic heterocycles. The monoisotopic (exact) mass is 264 g/mol. The normalized spacial score (nSPS) is 15.0. The second kappa shape index (κ2) is 8.72. The van der Waals surface area contributed by atoms with Crippen molar-refractivity contribution in [2.75, 3.05) is 6.61 Å². The number of ether oxygens (including phenoxy) is 1. The molecule has 14 heavy (non-hydrogen) atoms. The van der Waals surface area contributed by atoms with E-state index in [1.54, 1.807) is 13.0 Å². The van der Waals surface area contributed by atoms with Crippen LogP contribution in [0.4, 0.5) is 0 Å². The number of aliphatic hydroxyl groups excluding tert-OH is 1. The molecule has 0 bridgehead atoms. The molecule has 0 rings (SSSR count). The van der Waals surface area contributed by atoms with Gasteiger partial charge in [0.1, 0.15) is 0 Å². The van der Waals surface area contributed by atoms with E-state index in [4.69, 9.17) is 14.7 Å². The fraction of sp³-hybridized carbons (Fsp3) is 0.714. The Bertz CT molecular complexity index is 184. The molecule has 0 aliphatic carbocycles. The summed E-state index contributed by atoms with van der Waals surface area (Å²) < 4.78 is 14.4. The van der Waals surface area contributed by atoms with Crippen molar-refractivity contribution in [3.05, 3.63) is 12.7 Å². The zero-order valence-electron chi connectivity index (χ0n) is 8.06. The van der Waals surface area contributed by atoms with E-state index in [9.17, 15) is 4.57 Å². The Hall–Kier alpha value is 0.430. The number of rotatable bonds is 4. The molecule has 0 heterocycles. The number of halogens is 2. The van der Waals surface area contributed by atoms with Crippen molar-refractivity contribution < 1.29 is 19.3 Å². The van der Waals surface area contributed by atoms with Gasteiger partial charge in [-0.1, -0.05) is 6.08 Å². The van der Waals surface area contributed by atoms with Crippen LogP contribution in [0.3, 0.4) is 0 Å². The summed E-state index contributed by atoms with van der Waals surface area (Å²) in [6.07, 6.45) is -2.34. The highest BCUT2D eigenvalue weighted by Crippen LogP contribution is 2.51. The summed E-state index contributed by atoms with van der Waals surface area (Å²) in [6.45, 7) is 7.49. The molecular weight excluding hydrogens is 250 g/mol. The van der Waals surface area contributed by atoms with E-state index in [-0.39, 0.29) is 12.2 Å². The lowest BCUT2D eigenvalue weighted by Crippen LogP contribution is -2.15. The lowest BCUT2D eigenvalue weighted by Gasteiger charge is -2.08. The second-order valence-corrected chi connectivity index (χ2v) is 6.70. The van der Waals surface area contributed by atoms with Gasteiger partial charge in [0.05, 0.1) is 18.8 Å². The minimum atomic E-state index is -3.69. The third kappa shape index (κ3) is 29.4. The summed E-state index contributed by atoms with van der Waals surface area (Å²) in [6, 6.07) is 0. The summed E-state index contributed by atoms with van der Waals surface area (Å²) in [5, 5.41) is 8.74. The zero-order chi connectivity index (χ0) is 11.8. The summed E-state index contributed by atoms with van der Waals surface area (Å²) in [7, 11) is 0. The van der Waals surface area contributed by atoms with Crippen LogP contribution < -0.4 is 0 Å². The minimum Gasteiger partial charge on any atom is -0.391 e. The average Bonchev–Trinajstić information content (AvgIpc) is 1.96. The van der Waals surface area contributed by atoms with Crippen molar-refractivity contribution in [3.63, 3.8) is 0 Å². The molecule has 0 radical (unpaired) electrons. The van der Waals surface area contributed by atoms with E-state index in [2.05, 4.69) is 29.1 Å². The molecule has 2 unspecified atom stereocenters. The van der Waals surface area contributed by atoms with Gasteiger partial charge < -0.3 is 14.7 Å². The van der Waals surface area contributed by atoms with Crippen LogP contribution in [0.25, 0.3) is 0 Å². The van der Waals surface area contributed by atoms with Crippen LogP contribution in [-0.4, -0.2) is 28.8 Å². The molecule has 0 aromatic carbocycles. The highest BCUT2D eigenvalue weighted by Gasteiger charge is 2.02. The van der Waals surface area contributed by atoms with Gasteiger partial charge in [0.15, 0.2) is 0 Å². The van der Waals surface area contributed by atoms with Gasteiger partial charge in [0, 0.05) is 0 Å². The largest absolute Gasteiger partial charge is 0.391 e. The van der Waals surface area contributed by atoms with Gasteiger partial charge in [-0.05, 0) is 36.3 Å². The molecule has 86 valence electrons. The summed E-state index contributed by atoms with van der Waals surface area (Å²) in [5.41, 5.74) is 0. The average molecular weight is 265 g/mol. The molecule has 0 saturated heterocycles. The maximum Gasteiger partial charge on any atom is 0.377 e. The smallest absolute Gasteiger partial charge is 0.377 e. The van der Waals surface area contributed by atoms with Crippen LogP contribution >= 0.6 is 28.6 Å². The minimum absolute atomic E-state index is 0.0413. The van der Waals surface area contributed by atoms with Gasteiger partial charge in [0.2, 0.25) is 0 Å². The first-order valence-corrected chi connectivity index (χ1v) is 7.28. The lowest BCUT2D eigenvalue weighted by molar-refractivity contribution is 0.0248. The van der Waals surface area contributed by atoms with Crippen molar-refractivity contribution in [1.82, 2.24) is 0 Å². The third-order valence-corrected chi connectivity index (χ3v) is 0.932. The van der Waals surface area contributed by atoms with Crippen molar-refractivity contribution in [1.29, 1.82) is 0 Å². The Labute approximate surface area is 93.5 Å². The molecule has 2 atom stereocenters. The first kappa shape index (κ1) is 16.8. The summed E-state index contributed by atoms with van der Waals surface area (Å²) in [4.78, 5) is 7.61. The van der Waals surface area contributed by atoms with Gasteiger partial charge in [-0.2, -0.15) is 0 Å². The number of aliphatic hydroxyl groups is 1. The van der Waals surface area contributed by atoms with E-state index in [0.717, 1.165) is 0 Å². The maximum atomic E-state index is 9.30. The summed E-state index contributed by atoms with van der Waals surface area (Å²) >= 11 is 8.81. The second-order valence-electron chi connectivity index (χ2n) is 2.56. The van der Waals surface area contributed by atoms with E-state index >= 15 is 0 Å². The van der Waals surface area contributed by atoms with Crippen molar-refractivity contribution in [2.24, 2.45) is 0 Å². The standard InChI is InChI=1S/C7H14O2.Cl2HO2P/c1-4-7(3)9-5-6(2)8;1-5(2,3)4/h4,6-8H,1,5H2,2-3H3;(H,3,4). The van der Waals surface area contributed by atoms with E-state index < -0.39 is 6.07 Å². The van der Waals surface area contributed by atoms with Crippen LogP contribution in [0.1, 0.15) is 13.8 Å². The predicted molar refractivity (Wildman–Crippen MR) is 58.8 cm³/mol. The Morgan fingerprint density at radius 3 is 2.14 bits per heavy atom. The van der Waals surface area contributed by atoms with Gasteiger partial charge in [-0.25, -0.2) is 0 Å². The first-order valence-electron chi connectivity index (χ1n) is 3.81. The topological polar surface area (TPSA) is 66.8 Å². The maximum absolute atomic E-state index is 9.30. The molecule has 0 aromatic heterocycles. The predicted octanol–water partition coefficient (Wildman–Crippen LogP) is 2.52. The van der Waals surface area contributed by atoms with E-state index in [0.29, 0.717) is 6.61 Å². The Morgan fingerprint density at radius 1 is 1.57 bits per heavy atom. The van der Waals surface area contributed by atoms with E-state index in [1.807, 2.05) is 6.92 Å². The third-order valence-electron chi connectivity index (χ3n) is 0.932. The quantitative estimate of drug-likeness (QED) is 0.605. The highest BCUT2D eigenvalue weighted by atomic mass is 35.9. The fourth-order valence-corrected chi connectivity index (χ4v) is 0.359. The molecule has 4 nitrogen and oxygen atoms in total. The number of hydrogen-bond acceptors (Lipinski definition) is 3. The van der Waals surface area contributed by atoms with Gasteiger partial charge >= 0.3 is 6.07 Å². The molecule has 0 saturated carbocycles. The molecule has 0 aromatic rings. The van der Waals surface area contributed by atoms with Gasteiger partial charge in [-0.3, -0.25) is 4.57 Å². The van der Waals surface area contributed by atoms with Crippen LogP contribution in [0.15, 0.2) is 12.7 Å². The van der Waals surface area contributed by atoms with Gasteiger partial charge in [0.25, 0.3) is 0 Å². The molecule has 0 spiro atoms. The van der Waals surface area contributed by atoms with Crippen molar-refractivity contribution in [2.45, 2.75) is 26.1 Å². The van der Waals surface area contributed by atoms with Crippen molar-refractivity contribution in [3.8, 4) is 0 Å². The SMILES string of the molecule is C=CC(C)OCC(C)O.O=P(O)(Cl)Cl. The highest BCUT2D eigenvalue weighted by molar-refractivity contribution is 8.04. The Morgan fingerprint density at radius 2 is 1.93 bits per heavy atom.